The summed E-state index contributed by atoms with van der Waals surface area (Å²) >= 11 is 0. The van der Waals surface area contributed by atoms with E-state index in [-0.39, 0.29) is 0 Å². The van der Waals surface area contributed by atoms with Crippen molar-refractivity contribution in [2.24, 2.45) is 7.05 Å². The summed E-state index contributed by atoms with van der Waals surface area (Å²) in [4.78, 5) is 11.5. The second-order valence-corrected chi connectivity index (χ2v) is 4.22. The highest BCUT2D eigenvalue weighted by molar-refractivity contribution is 5.84. The molecule has 19 heavy (non-hydrogen) atoms. The number of nitrogens with zero attached hydrogens (tertiary/aromatic N) is 2. The van der Waals surface area contributed by atoms with Crippen LogP contribution in [0.4, 0.5) is 18.9 Å². The van der Waals surface area contributed by atoms with Crippen molar-refractivity contribution in [3.05, 3.63) is 11.9 Å². The molecule has 0 bridgehead atoms. The molecule has 0 saturated heterocycles. The molecule has 1 amide bonds. The normalized spacial score (nSPS) is 13.2. The fourth-order valence-corrected chi connectivity index (χ4v) is 1.56. The maximum Gasteiger partial charge on any atom is 0.405 e. The number of rotatable bonds is 5. The molecule has 0 fully saturated rings. The van der Waals surface area contributed by atoms with Crippen LogP contribution in [0.2, 0.25) is 0 Å². The van der Waals surface area contributed by atoms with Gasteiger partial charge in [0.05, 0.1) is 11.4 Å². The molecule has 0 radical (unpaired) electrons. The third kappa shape index (κ3) is 4.80. The number of hydrogen-bond donors (Lipinski definition) is 2. The molecule has 1 unspecified atom stereocenters. The molecule has 1 atom stereocenters. The molecule has 108 valence electrons. The highest BCUT2D eigenvalue weighted by Crippen LogP contribution is 2.15. The second-order valence-electron chi connectivity index (χ2n) is 4.22. The maximum absolute atomic E-state index is 12.0. The van der Waals surface area contributed by atoms with Crippen molar-refractivity contribution < 1.29 is 18.0 Å². The van der Waals surface area contributed by atoms with Crippen LogP contribution in [0.3, 0.4) is 0 Å². The van der Waals surface area contributed by atoms with Gasteiger partial charge < -0.3 is 10.6 Å². The topological polar surface area (TPSA) is 59.0 Å². The van der Waals surface area contributed by atoms with E-state index >= 15 is 0 Å². The van der Waals surface area contributed by atoms with Crippen LogP contribution >= 0.6 is 0 Å². The zero-order valence-electron chi connectivity index (χ0n) is 11.0. The SMILES string of the molecule is CCc1nn(C)cc1NC(C)C(=O)NCC(F)(F)F. The van der Waals surface area contributed by atoms with Gasteiger partial charge in [-0.3, -0.25) is 9.48 Å². The molecule has 0 aliphatic rings. The molecule has 1 aromatic heterocycles. The lowest BCUT2D eigenvalue weighted by Crippen LogP contribution is -2.42. The Morgan fingerprint density at radius 2 is 2.16 bits per heavy atom. The van der Waals surface area contributed by atoms with Crippen molar-refractivity contribution >= 4 is 11.6 Å². The minimum atomic E-state index is -4.40. The molecule has 0 aliphatic heterocycles. The summed E-state index contributed by atoms with van der Waals surface area (Å²) in [6.07, 6.45) is -2.05. The number of halogens is 3. The summed E-state index contributed by atoms with van der Waals surface area (Å²) in [5.74, 6) is -0.705. The molecule has 0 aromatic carbocycles. The fourth-order valence-electron chi connectivity index (χ4n) is 1.56. The van der Waals surface area contributed by atoms with Gasteiger partial charge in [0.2, 0.25) is 5.91 Å². The van der Waals surface area contributed by atoms with E-state index in [4.69, 9.17) is 0 Å². The minimum absolute atomic E-state index is 0.652. The summed E-state index contributed by atoms with van der Waals surface area (Å²) in [5.41, 5.74) is 1.41. The fraction of sp³-hybridized carbons (Fsp3) is 0.636. The highest BCUT2D eigenvalue weighted by atomic mass is 19.4. The number of hydrogen-bond acceptors (Lipinski definition) is 3. The van der Waals surface area contributed by atoms with Crippen LogP contribution in [0, 0.1) is 0 Å². The quantitative estimate of drug-likeness (QED) is 0.857. The third-order valence-electron chi connectivity index (χ3n) is 2.47. The van der Waals surface area contributed by atoms with Crippen LogP contribution in [-0.4, -0.2) is 34.5 Å². The van der Waals surface area contributed by atoms with Crippen molar-refractivity contribution in [1.29, 1.82) is 0 Å². The summed E-state index contributed by atoms with van der Waals surface area (Å²) in [7, 11) is 1.73. The number of anilines is 1. The Kier molecular flexibility index (Phi) is 4.79. The van der Waals surface area contributed by atoms with Gasteiger partial charge in [-0.25, -0.2) is 0 Å². The first-order valence-electron chi connectivity index (χ1n) is 5.86. The number of alkyl halides is 3. The molecule has 8 heteroatoms. The minimum Gasteiger partial charge on any atom is -0.371 e. The summed E-state index contributed by atoms with van der Waals surface area (Å²) in [6.45, 7) is 2.07. The van der Waals surface area contributed by atoms with Gasteiger partial charge in [0.1, 0.15) is 12.6 Å². The van der Waals surface area contributed by atoms with Crippen LogP contribution in [0.15, 0.2) is 6.20 Å². The van der Waals surface area contributed by atoms with E-state index in [1.165, 1.54) is 6.92 Å². The molecule has 0 saturated carbocycles. The molecule has 2 N–H and O–H groups in total. The Hall–Kier alpha value is -1.73. The van der Waals surface area contributed by atoms with Crippen molar-refractivity contribution in [2.75, 3.05) is 11.9 Å². The van der Waals surface area contributed by atoms with E-state index < -0.39 is 24.7 Å². The van der Waals surface area contributed by atoms with Gasteiger partial charge in [-0.1, -0.05) is 6.92 Å². The lowest BCUT2D eigenvalue weighted by atomic mass is 10.2. The average molecular weight is 278 g/mol. The van der Waals surface area contributed by atoms with Gasteiger partial charge in [0, 0.05) is 13.2 Å². The first kappa shape index (κ1) is 15.3. The maximum atomic E-state index is 12.0. The Morgan fingerprint density at radius 3 is 2.68 bits per heavy atom. The molecular formula is C11H17F3N4O. The zero-order chi connectivity index (χ0) is 14.6. The second kappa shape index (κ2) is 5.94. The number of carbonyl (C=O) groups is 1. The molecule has 5 nitrogen and oxygen atoms in total. The smallest absolute Gasteiger partial charge is 0.371 e. The molecule has 0 aliphatic carbocycles. The largest absolute Gasteiger partial charge is 0.405 e. The number of aryl methyl sites for hydroxylation is 2. The number of aromatic nitrogens is 2. The van der Waals surface area contributed by atoms with Gasteiger partial charge in [-0.15, -0.1) is 0 Å². The van der Waals surface area contributed by atoms with Gasteiger partial charge in [-0.05, 0) is 13.3 Å². The molecule has 1 aromatic rings. The van der Waals surface area contributed by atoms with E-state index in [9.17, 15) is 18.0 Å². The Bertz CT molecular complexity index is 442. The van der Waals surface area contributed by atoms with Crippen LogP contribution in [-0.2, 0) is 18.3 Å². The third-order valence-corrected chi connectivity index (χ3v) is 2.47. The lowest BCUT2D eigenvalue weighted by Gasteiger charge is -2.15. The van der Waals surface area contributed by atoms with Crippen molar-refractivity contribution in [3.8, 4) is 0 Å². The predicted octanol–water partition coefficient (Wildman–Crippen LogP) is 1.46. The summed E-state index contributed by atoms with van der Waals surface area (Å²) in [5, 5.41) is 8.86. The van der Waals surface area contributed by atoms with Gasteiger partial charge >= 0.3 is 6.18 Å². The highest BCUT2D eigenvalue weighted by Gasteiger charge is 2.28. The zero-order valence-corrected chi connectivity index (χ0v) is 11.0. The average Bonchev–Trinajstić information content (AvgIpc) is 2.65. The number of nitrogens with one attached hydrogen (secondary N) is 2. The van der Waals surface area contributed by atoms with Crippen LogP contribution in [0.5, 0.6) is 0 Å². The molecular weight excluding hydrogens is 261 g/mol. The Balaban J connectivity index is 2.58. The van der Waals surface area contributed by atoms with Crippen molar-refractivity contribution in [3.63, 3.8) is 0 Å². The van der Waals surface area contributed by atoms with Gasteiger partial charge in [-0.2, -0.15) is 18.3 Å². The first-order valence-corrected chi connectivity index (χ1v) is 5.86. The Morgan fingerprint density at radius 1 is 1.53 bits per heavy atom. The van der Waals surface area contributed by atoms with Crippen molar-refractivity contribution in [1.82, 2.24) is 15.1 Å². The summed E-state index contributed by atoms with van der Waals surface area (Å²) < 4.78 is 37.5. The van der Waals surface area contributed by atoms with E-state index in [2.05, 4.69) is 10.4 Å². The standard InChI is InChI=1S/C11H17F3N4O/c1-4-8-9(5-18(3)17-8)16-7(2)10(19)15-6-11(12,13)14/h5,7,16H,4,6H2,1-3H3,(H,15,19). The van der Waals surface area contributed by atoms with E-state index in [1.54, 1.807) is 17.9 Å². The molecule has 1 heterocycles. The van der Waals surface area contributed by atoms with E-state index in [0.29, 0.717) is 12.1 Å². The number of carbonyl (C=O) groups excluding carboxylic acids is 1. The number of amides is 1. The Labute approximate surface area is 109 Å². The van der Waals surface area contributed by atoms with E-state index in [0.717, 1.165) is 5.69 Å². The first-order chi connectivity index (χ1) is 8.73. The molecule has 1 rings (SSSR count). The van der Waals surface area contributed by atoms with E-state index in [1.807, 2.05) is 12.2 Å². The summed E-state index contributed by atoms with van der Waals surface area (Å²) in [6, 6.07) is -0.767. The predicted molar refractivity (Wildman–Crippen MR) is 64.7 cm³/mol. The van der Waals surface area contributed by atoms with Crippen LogP contribution in [0.25, 0.3) is 0 Å². The van der Waals surface area contributed by atoms with Gasteiger partial charge in [0.25, 0.3) is 0 Å². The van der Waals surface area contributed by atoms with Crippen LogP contribution < -0.4 is 10.6 Å². The van der Waals surface area contributed by atoms with Crippen molar-refractivity contribution in [2.45, 2.75) is 32.5 Å². The van der Waals surface area contributed by atoms with Gasteiger partial charge in [0.15, 0.2) is 0 Å². The lowest BCUT2D eigenvalue weighted by molar-refractivity contribution is -0.138. The monoisotopic (exact) mass is 278 g/mol. The molecule has 0 spiro atoms. The van der Waals surface area contributed by atoms with Crippen LogP contribution in [0.1, 0.15) is 19.5 Å².